The Morgan fingerprint density at radius 3 is 2.41 bits per heavy atom. The summed E-state index contributed by atoms with van der Waals surface area (Å²) in [5.41, 5.74) is 7.80. The number of benzene rings is 2. The first kappa shape index (κ1) is 19.0. The molecular formula is C20H16ClN3O2S. The highest BCUT2D eigenvalue weighted by Crippen LogP contribution is 2.42. The van der Waals surface area contributed by atoms with E-state index < -0.39 is 11.2 Å². The summed E-state index contributed by atoms with van der Waals surface area (Å²) in [6, 6.07) is 16.4. The van der Waals surface area contributed by atoms with Crippen LogP contribution >= 0.6 is 23.4 Å². The topological polar surface area (TPSA) is 87.2 Å². The summed E-state index contributed by atoms with van der Waals surface area (Å²) in [6.45, 7) is 1.99. The van der Waals surface area contributed by atoms with Crippen molar-refractivity contribution < 1.29 is 9.59 Å². The van der Waals surface area contributed by atoms with E-state index in [1.165, 1.54) is 16.7 Å². The number of carbonyl (C=O) groups is 2. The molecule has 0 bridgehead atoms. The Morgan fingerprint density at radius 2 is 1.85 bits per heavy atom. The van der Waals surface area contributed by atoms with Crippen LogP contribution in [0.5, 0.6) is 0 Å². The first-order chi connectivity index (χ1) is 12.9. The smallest absolute Gasteiger partial charge is 0.262 e. The number of nitrogens with zero attached hydrogens (tertiary/aromatic N) is 2. The maximum Gasteiger partial charge on any atom is 0.262 e. The molecule has 0 saturated carbocycles. The number of halogens is 1. The first-order valence-electron chi connectivity index (χ1n) is 8.16. The van der Waals surface area contributed by atoms with E-state index >= 15 is 0 Å². The van der Waals surface area contributed by atoms with E-state index in [1.54, 1.807) is 24.3 Å². The molecule has 5 nitrogen and oxygen atoms in total. The molecule has 1 fully saturated rings. The summed E-state index contributed by atoms with van der Waals surface area (Å²) in [5, 5.41) is 9.70. The maximum atomic E-state index is 13.1. The van der Waals surface area contributed by atoms with Gasteiger partial charge >= 0.3 is 0 Å². The lowest BCUT2D eigenvalue weighted by Gasteiger charge is -2.18. The van der Waals surface area contributed by atoms with E-state index in [4.69, 9.17) is 17.3 Å². The van der Waals surface area contributed by atoms with Crippen LogP contribution in [0.1, 0.15) is 11.1 Å². The molecule has 1 unspecified atom stereocenters. The lowest BCUT2D eigenvalue weighted by Crippen LogP contribution is -2.31. The molecule has 0 aliphatic carbocycles. The summed E-state index contributed by atoms with van der Waals surface area (Å²) in [6.07, 6.45) is 0.481. The van der Waals surface area contributed by atoms with Crippen molar-refractivity contribution in [3.8, 4) is 6.07 Å². The molecule has 1 aliphatic heterocycles. The highest BCUT2D eigenvalue weighted by molar-refractivity contribution is 8.05. The van der Waals surface area contributed by atoms with Gasteiger partial charge in [-0.15, -0.1) is 0 Å². The van der Waals surface area contributed by atoms with Crippen molar-refractivity contribution in [1.82, 2.24) is 0 Å². The molecule has 0 radical (unpaired) electrons. The fourth-order valence-electron chi connectivity index (χ4n) is 2.76. The molecule has 1 atom stereocenters. The third-order valence-corrected chi connectivity index (χ3v) is 5.67. The Hall–Kier alpha value is -2.75. The molecule has 0 spiro atoms. The molecule has 27 heavy (non-hydrogen) atoms. The summed E-state index contributed by atoms with van der Waals surface area (Å²) < 4.78 is 0. The van der Waals surface area contributed by atoms with Crippen molar-refractivity contribution in [3.63, 3.8) is 0 Å². The van der Waals surface area contributed by atoms with Crippen LogP contribution in [0, 0.1) is 18.3 Å². The largest absolute Gasteiger partial charge is 0.365 e. The predicted octanol–water partition coefficient (Wildman–Crippen LogP) is 3.56. The Morgan fingerprint density at radius 1 is 1.22 bits per heavy atom. The fraction of sp³-hybridized carbons (Fsp3) is 0.150. The Kier molecular flexibility index (Phi) is 5.54. The standard InChI is InChI=1S/C20H16ClN3O2S/c1-12-2-4-13(5-3-12)10-17-19(26)24(15-8-6-14(21)7-9-15)20(27-17)16(11-22)18(23)25/h2-9,17H,10H2,1H3,(H2,23,25). The number of carbonyl (C=O) groups excluding carboxylic acids is 2. The van der Waals surface area contributed by atoms with Gasteiger partial charge in [-0.1, -0.05) is 53.2 Å². The number of nitriles is 1. The highest BCUT2D eigenvalue weighted by atomic mass is 35.5. The number of thioether (sulfide) groups is 1. The van der Waals surface area contributed by atoms with Crippen LogP contribution < -0.4 is 10.6 Å². The molecule has 1 saturated heterocycles. The molecular weight excluding hydrogens is 382 g/mol. The van der Waals surface area contributed by atoms with E-state index in [2.05, 4.69) is 0 Å². The van der Waals surface area contributed by atoms with Gasteiger partial charge in [0.1, 0.15) is 16.7 Å². The van der Waals surface area contributed by atoms with Crippen LogP contribution in [-0.4, -0.2) is 17.1 Å². The monoisotopic (exact) mass is 397 g/mol. The minimum atomic E-state index is -0.859. The molecule has 2 amide bonds. The van der Waals surface area contributed by atoms with Crippen molar-refractivity contribution >= 4 is 40.9 Å². The zero-order valence-electron chi connectivity index (χ0n) is 14.5. The van der Waals surface area contributed by atoms with Gasteiger partial charge in [-0.3, -0.25) is 14.5 Å². The maximum absolute atomic E-state index is 13.1. The summed E-state index contributed by atoms with van der Waals surface area (Å²) in [4.78, 5) is 26.2. The molecule has 1 aliphatic rings. The molecule has 2 aromatic rings. The minimum Gasteiger partial charge on any atom is -0.365 e. The van der Waals surface area contributed by atoms with Crippen LogP contribution in [0.3, 0.4) is 0 Å². The third-order valence-electron chi connectivity index (χ3n) is 4.15. The number of hydrogen-bond donors (Lipinski definition) is 1. The Bertz CT molecular complexity index is 962. The molecule has 2 aromatic carbocycles. The zero-order valence-corrected chi connectivity index (χ0v) is 16.1. The number of rotatable bonds is 4. The molecule has 7 heteroatoms. The fourth-order valence-corrected chi connectivity index (χ4v) is 4.21. The second kappa shape index (κ2) is 7.87. The first-order valence-corrected chi connectivity index (χ1v) is 9.42. The molecule has 136 valence electrons. The normalized spacial score (nSPS) is 18.3. The van der Waals surface area contributed by atoms with E-state index in [-0.39, 0.29) is 16.5 Å². The molecule has 3 rings (SSSR count). The van der Waals surface area contributed by atoms with Crippen LogP contribution in [0.25, 0.3) is 0 Å². The van der Waals surface area contributed by atoms with E-state index in [0.717, 1.165) is 11.1 Å². The number of hydrogen-bond acceptors (Lipinski definition) is 4. The predicted molar refractivity (Wildman–Crippen MR) is 107 cm³/mol. The average Bonchev–Trinajstić information content (AvgIpc) is 2.94. The number of nitrogens with two attached hydrogens (primary N) is 1. The SMILES string of the molecule is Cc1ccc(CC2SC(=C(C#N)C(N)=O)N(c3ccc(Cl)cc3)C2=O)cc1. The summed E-state index contributed by atoms with van der Waals surface area (Å²) in [5.74, 6) is -1.06. The average molecular weight is 398 g/mol. The third kappa shape index (κ3) is 4.00. The number of amides is 2. The second-order valence-corrected chi connectivity index (χ2v) is 7.73. The van der Waals surface area contributed by atoms with Crippen molar-refractivity contribution in [2.24, 2.45) is 5.73 Å². The van der Waals surface area contributed by atoms with Gasteiger partial charge in [0.25, 0.3) is 5.91 Å². The Labute approximate surface area is 166 Å². The van der Waals surface area contributed by atoms with Crippen molar-refractivity contribution in [2.75, 3.05) is 4.90 Å². The van der Waals surface area contributed by atoms with Crippen LogP contribution in [-0.2, 0) is 16.0 Å². The number of anilines is 1. The lowest BCUT2D eigenvalue weighted by molar-refractivity contribution is -0.117. The van der Waals surface area contributed by atoms with Gasteiger partial charge in [0.05, 0.1) is 5.25 Å². The number of primary amides is 1. The van der Waals surface area contributed by atoms with E-state index in [0.29, 0.717) is 17.1 Å². The van der Waals surface area contributed by atoms with E-state index in [9.17, 15) is 14.9 Å². The van der Waals surface area contributed by atoms with Gasteiger partial charge in [-0.05, 0) is 43.2 Å². The molecule has 2 N–H and O–H groups in total. The number of aryl methyl sites for hydroxylation is 1. The van der Waals surface area contributed by atoms with Crippen LogP contribution in [0.2, 0.25) is 5.02 Å². The van der Waals surface area contributed by atoms with Gasteiger partial charge in [0.15, 0.2) is 0 Å². The van der Waals surface area contributed by atoms with Crippen LogP contribution in [0.15, 0.2) is 59.1 Å². The second-order valence-electron chi connectivity index (χ2n) is 6.10. The van der Waals surface area contributed by atoms with Crippen molar-refractivity contribution in [1.29, 1.82) is 5.26 Å². The summed E-state index contributed by atoms with van der Waals surface area (Å²) in [7, 11) is 0. The Balaban J connectivity index is 2.01. The van der Waals surface area contributed by atoms with Crippen LogP contribution in [0.4, 0.5) is 5.69 Å². The summed E-state index contributed by atoms with van der Waals surface area (Å²) >= 11 is 7.12. The van der Waals surface area contributed by atoms with Crippen molar-refractivity contribution in [3.05, 3.63) is 75.3 Å². The molecule has 1 heterocycles. The van der Waals surface area contributed by atoms with E-state index in [1.807, 2.05) is 37.3 Å². The van der Waals surface area contributed by atoms with Gasteiger partial charge < -0.3 is 5.73 Å². The van der Waals surface area contributed by atoms with Gasteiger partial charge in [-0.2, -0.15) is 5.26 Å². The zero-order chi connectivity index (χ0) is 19.6. The molecule has 0 aromatic heterocycles. The van der Waals surface area contributed by atoms with Gasteiger partial charge in [-0.25, -0.2) is 0 Å². The highest BCUT2D eigenvalue weighted by Gasteiger charge is 2.40. The van der Waals surface area contributed by atoms with Gasteiger partial charge in [0.2, 0.25) is 5.91 Å². The van der Waals surface area contributed by atoms with Gasteiger partial charge in [0, 0.05) is 10.7 Å². The lowest BCUT2D eigenvalue weighted by atomic mass is 10.1. The quantitative estimate of drug-likeness (QED) is 0.631. The minimum absolute atomic E-state index is 0.202. The van der Waals surface area contributed by atoms with Crippen molar-refractivity contribution in [2.45, 2.75) is 18.6 Å².